The van der Waals surface area contributed by atoms with Crippen molar-refractivity contribution in [3.63, 3.8) is 0 Å². The summed E-state index contributed by atoms with van der Waals surface area (Å²) in [4.78, 5) is 0. The van der Waals surface area contributed by atoms with Gasteiger partial charge in [-0.05, 0) is 41.5 Å². The molecule has 21 heavy (non-hydrogen) atoms. The highest BCUT2D eigenvalue weighted by atomic mass is 16.3. The molecule has 2 aromatic carbocycles. The molecule has 0 radical (unpaired) electrons. The lowest BCUT2D eigenvalue weighted by molar-refractivity contribution is 0.474. The van der Waals surface area contributed by atoms with Crippen LogP contribution in [0.25, 0.3) is 5.69 Å². The smallest absolute Gasteiger partial charge is 0.115 e. The number of phenolic OH excluding ortho intramolecular Hbond substituents is 1. The second-order valence-corrected chi connectivity index (χ2v) is 5.34. The first-order valence-electron chi connectivity index (χ1n) is 7.11. The Balaban J connectivity index is 1.85. The summed E-state index contributed by atoms with van der Waals surface area (Å²) >= 11 is 0. The molecule has 0 bridgehead atoms. The molecule has 3 nitrogen and oxygen atoms in total. The molecule has 0 spiro atoms. The van der Waals surface area contributed by atoms with Crippen LogP contribution in [0, 0.1) is 0 Å². The van der Waals surface area contributed by atoms with Crippen LogP contribution >= 0.6 is 0 Å². The zero-order chi connectivity index (χ0) is 14.2. The summed E-state index contributed by atoms with van der Waals surface area (Å²) in [5, 5.41) is 13.1. The highest BCUT2D eigenvalue weighted by Gasteiger charge is 2.22. The number of benzene rings is 2. The molecule has 1 atom stereocenters. The fourth-order valence-electron chi connectivity index (χ4n) is 3.02. The second-order valence-electron chi connectivity index (χ2n) is 5.34. The van der Waals surface area contributed by atoms with Gasteiger partial charge in [-0.3, -0.25) is 0 Å². The summed E-state index contributed by atoms with van der Waals surface area (Å²) in [6, 6.07) is 20.2. The highest BCUT2D eigenvalue weighted by Crippen LogP contribution is 2.30. The molecular weight excluding hydrogens is 260 g/mol. The van der Waals surface area contributed by atoms with Crippen molar-refractivity contribution in [2.24, 2.45) is 0 Å². The van der Waals surface area contributed by atoms with E-state index in [4.69, 9.17) is 0 Å². The Labute approximate surface area is 123 Å². The average molecular weight is 276 g/mol. The van der Waals surface area contributed by atoms with Crippen LogP contribution in [0.15, 0.2) is 66.9 Å². The molecule has 0 saturated heterocycles. The van der Waals surface area contributed by atoms with Crippen molar-refractivity contribution in [1.29, 1.82) is 0 Å². The summed E-state index contributed by atoms with van der Waals surface area (Å²) in [5.74, 6) is 0.297. The third-order valence-corrected chi connectivity index (χ3v) is 4.05. The molecule has 104 valence electrons. The topological polar surface area (TPSA) is 37.2 Å². The van der Waals surface area contributed by atoms with Gasteiger partial charge in [-0.2, -0.15) is 0 Å². The third kappa shape index (κ3) is 2.03. The Bertz CT molecular complexity index is 774. The van der Waals surface area contributed by atoms with E-state index in [1.807, 2.05) is 12.1 Å². The van der Waals surface area contributed by atoms with E-state index in [1.54, 1.807) is 12.1 Å². The van der Waals surface area contributed by atoms with Gasteiger partial charge in [-0.15, -0.1) is 0 Å². The molecule has 1 unspecified atom stereocenters. The maximum Gasteiger partial charge on any atom is 0.115 e. The van der Waals surface area contributed by atoms with Crippen molar-refractivity contribution in [3.8, 4) is 11.4 Å². The summed E-state index contributed by atoms with van der Waals surface area (Å²) in [7, 11) is 0. The number of nitrogens with zero attached hydrogens (tertiary/aromatic N) is 1. The minimum atomic E-state index is 0.119. The molecule has 2 N–H and O–H groups in total. The highest BCUT2D eigenvalue weighted by molar-refractivity contribution is 5.47. The lowest BCUT2D eigenvalue weighted by Crippen LogP contribution is -2.21. The zero-order valence-corrected chi connectivity index (χ0v) is 11.5. The molecule has 2 heterocycles. The van der Waals surface area contributed by atoms with Crippen molar-refractivity contribution < 1.29 is 5.11 Å². The number of phenols is 1. The second kappa shape index (κ2) is 4.79. The van der Waals surface area contributed by atoms with Gasteiger partial charge in [0.15, 0.2) is 0 Å². The first kappa shape index (κ1) is 12.2. The minimum absolute atomic E-state index is 0.119. The maximum atomic E-state index is 9.48. The number of hydrogen-bond donors (Lipinski definition) is 2. The maximum absolute atomic E-state index is 9.48. The largest absolute Gasteiger partial charge is 0.508 e. The number of rotatable bonds is 1. The van der Waals surface area contributed by atoms with E-state index in [-0.39, 0.29) is 6.04 Å². The molecule has 0 fully saturated rings. The number of nitrogens with one attached hydrogen (secondary N) is 1. The van der Waals surface area contributed by atoms with Crippen molar-refractivity contribution in [1.82, 2.24) is 9.88 Å². The van der Waals surface area contributed by atoms with Crippen LogP contribution in [0.1, 0.15) is 22.9 Å². The van der Waals surface area contributed by atoms with Crippen LogP contribution in [0.5, 0.6) is 5.75 Å². The Hall–Kier alpha value is -2.52. The van der Waals surface area contributed by atoms with Gasteiger partial charge in [0.05, 0.1) is 6.04 Å². The van der Waals surface area contributed by atoms with E-state index in [0.29, 0.717) is 5.75 Å². The predicted molar refractivity (Wildman–Crippen MR) is 82.6 cm³/mol. The SMILES string of the molecule is Oc1ccc(C2NCc3ccccc3-n3cccc32)cc1. The van der Waals surface area contributed by atoms with Gasteiger partial charge in [0.25, 0.3) is 0 Å². The van der Waals surface area contributed by atoms with Gasteiger partial charge in [-0.25, -0.2) is 0 Å². The standard InChI is InChI=1S/C18H16N2O/c21-15-9-7-13(8-10-15)18-17-6-3-11-20(17)16-5-2-1-4-14(16)12-19-18/h1-11,18-19,21H,12H2. The first-order valence-corrected chi connectivity index (χ1v) is 7.11. The molecule has 3 aromatic rings. The number of aromatic nitrogens is 1. The average Bonchev–Trinajstić information content (AvgIpc) is 2.93. The number of hydrogen-bond acceptors (Lipinski definition) is 2. The molecule has 3 heteroatoms. The summed E-state index contributed by atoms with van der Waals surface area (Å²) in [6.45, 7) is 0.823. The van der Waals surface area contributed by atoms with E-state index in [1.165, 1.54) is 16.9 Å². The van der Waals surface area contributed by atoms with Gasteiger partial charge >= 0.3 is 0 Å². The van der Waals surface area contributed by atoms with Crippen LogP contribution < -0.4 is 5.32 Å². The first-order chi connectivity index (χ1) is 10.3. The molecule has 0 amide bonds. The number of aromatic hydroxyl groups is 1. The summed E-state index contributed by atoms with van der Waals surface area (Å²) < 4.78 is 2.24. The van der Waals surface area contributed by atoms with E-state index < -0.39 is 0 Å². The monoisotopic (exact) mass is 276 g/mol. The fourth-order valence-corrected chi connectivity index (χ4v) is 3.02. The Morgan fingerprint density at radius 1 is 0.952 bits per heavy atom. The zero-order valence-electron chi connectivity index (χ0n) is 11.5. The third-order valence-electron chi connectivity index (χ3n) is 4.05. The Morgan fingerprint density at radius 3 is 2.62 bits per heavy atom. The van der Waals surface area contributed by atoms with Crippen molar-refractivity contribution in [2.45, 2.75) is 12.6 Å². The molecular formula is C18H16N2O. The van der Waals surface area contributed by atoms with Crippen LogP contribution in [-0.4, -0.2) is 9.67 Å². The quantitative estimate of drug-likeness (QED) is 0.715. The van der Waals surface area contributed by atoms with E-state index >= 15 is 0 Å². The molecule has 0 saturated carbocycles. The lowest BCUT2D eigenvalue weighted by atomic mass is 10.0. The van der Waals surface area contributed by atoms with Crippen LogP contribution in [0.2, 0.25) is 0 Å². The van der Waals surface area contributed by atoms with Gasteiger partial charge in [0, 0.05) is 24.1 Å². The number of fused-ring (bicyclic) bond motifs is 3. The van der Waals surface area contributed by atoms with E-state index in [2.05, 4.69) is 52.5 Å². The Kier molecular flexibility index (Phi) is 2.79. The molecule has 1 aliphatic heterocycles. The van der Waals surface area contributed by atoms with Crippen molar-refractivity contribution in [3.05, 3.63) is 83.7 Å². The van der Waals surface area contributed by atoms with Gasteiger partial charge in [0.1, 0.15) is 5.75 Å². The van der Waals surface area contributed by atoms with Gasteiger partial charge in [-0.1, -0.05) is 30.3 Å². The summed E-state index contributed by atoms with van der Waals surface area (Å²) in [6.07, 6.45) is 2.11. The van der Waals surface area contributed by atoms with Gasteiger partial charge < -0.3 is 15.0 Å². The number of para-hydroxylation sites is 1. The normalized spacial score (nSPS) is 16.9. The fraction of sp³-hybridized carbons (Fsp3) is 0.111. The van der Waals surface area contributed by atoms with Crippen molar-refractivity contribution in [2.75, 3.05) is 0 Å². The van der Waals surface area contributed by atoms with E-state index in [0.717, 1.165) is 12.1 Å². The van der Waals surface area contributed by atoms with Crippen LogP contribution in [0.4, 0.5) is 0 Å². The predicted octanol–water partition coefficient (Wildman–Crippen LogP) is 3.38. The van der Waals surface area contributed by atoms with Crippen LogP contribution in [-0.2, 0) is 6.54 Å². The summed E-state index contributed by atoms with van der Waals surface area (Å²) in [5.41, 5.74) is 4.88. The Morgan fingerprint density at radius 2 is 1.76 bits per heavy atom. The molecule has 0 aliphatic carbocycles. The van der Waals surface area contributed by atoms with Crippen LogP contribution in [0.3, 0.4) is 0 Å². The molecule has 4 rings (SSSR count). The lowest BCUT2D eigenvalue weighted by Gasteiger charge is -2.18. The van der Waals surface area contributed by atoms with Gasteiger partial charge in [0.2, 0.25) is 0 Å². The van der Waals surface area contributed by atoms with Crippen molar-refractivity contribution >= 4 is 0 Å². The molecule has 1 aromatic heterocycles. The molecule has 1 aliphatic rings. The van der Waals surface area contributed by atoms with E-state index in [9.17, 15) is 5.11 Å². The minimum Gasteiger partial charge on any atom is -0.508 e.